The molecule has 1 fully saturated rings. The molecule has 0 radical (unpaired) electrons. The molecule has 11 nitrogen and oxygen atoms in total. The molecule has 1 saturated heterocycles. The minimum absolute atomic E-state index is 0.0505. The third-order valence-electron chi connectivity index (χ3n) is 5.49. The molecule has 0 aromatic carbocycles. The van der Waals surface area contributed by atoms with Gasteiger partial charge in [0.1, 0.15) is 11.4 Å². The number of likely N-dealkylation sites (tertiary alicyclic amines) is 1. The Morgan fingerprint density at radius 2 is 1.92 bits per heavy atom. The van der Waals surface area contributed by atoms with Gasteiger partial charge in [-0.25, -0.2) is 33.6 Å². The van der Waals surface area contributed by atoms with Crippen LogP contribution in [0.1, 0.15) is 27.2 Å². The van der Waals surface area contributed by atoms with Gasteiger partial charge in [0.25, 0.3) is 0 Å². The summed E-state index contributed by atoms with van der Waals surface area (Å²) in [7, 11) is 0. The number of nitrogens with zero attached hydrogens (tertiary/aromatic N) is 7. The second-order valence-electron chi connectivity index (χ2n) is 9.44. The second kappa shape index (κ2) is 9.36. The summed E-state index contributed by atoms with van der Waals surface area (Å²) in [5.74, 6) is 0.432. The summed E-state index contributed by atoms with van der Waals surface area (Å²) in [5, 5.41) is 10.8. The molecule has 1 atom stereocenters. The van der Waals surface area contributed by atoms with Crippen LogP contribution in [0.4, 0.5) is 26.8 Å². The lowest BCUT2D eigenvalue weighted by molar-refractivity contribution is 0.0293. The van der Waals surface area contributed by atoms with E-state index >= 15 is 0 Å². The van der Waals surface area contributed by atoms with Crippen molar-refractivity contribution in [2.45, 2.75) is 38.8 Å². The standard InChI is InChI=1S/C24H26FN9O2/c1-24(2,3)36-23(35)33-10-8-16(14-33)30-19-6-7-20-27-13-18(34(20)32-19)15-11-28-22(29-12-15)31-21-17(25)5-4-9-26-21/h4-7,9,11-13,16H,8,10,14H2,1-3H3,(H,30,32)(H,26,28,29,31). The first-order chi connectivity index (χ1) is 17.2. The van der Waals surface area contributed by atoms with Crippen LogP contribution in [0.2, 0.25) is 0 Å². The number of pyridine rings is 1. The molecule has 0 bridgehead atoms. The molecule has 0 aliphatic carbocycles. The van der Waals surface area contributed by atoms with Crippen LogP contribution in [-0.4, -0.2) is 65.3 Å². The average Bonchev–Trinajstić information content (AvgIpc) is 3.47. The lowest BCUT2D eigenvalue weighted by Gasteiger charge is -2.24. The number of aromatic nitrogens is 6. The topological polar surface area (TPSA) is 122 Å². The number of halogens is 1. The zero-order chi connectivity index (χ0) is 25.3. The number of anilines is 3. The summed E-state index contributed by atoms with van der Waals surface area (Å²) >= 11 is 0. The van der Waals surface area contributed by atoms with Gasteiger partial charge >= 0.3 is 6.09 Å². The Morgan fingerprint density at radius 3 is 2.67 bits per heavy atom. The van der Waals surface area contributed by atoms with Crippen LogP contribution in [0.25, 0.3) is 16.9 Å². The van der Waals surface area contributed by atoms with Crippen LogP contribution in [0.3, 0.4) is 0 Å². The molecule has 1 aliphatic rings. The van der Waals surface area contributed by atoms with Gasteiger partial charge in [-0.15, -0.1) is 5.10 Å². The van der Waals surface area contributed by atoms with Gasteiger partial charge in [-0.1, -0.05) is 0 Å². The number of hydrogen-bond donors (Lipinski definition) is 2. The minimum atomic E-state index is -0.528. The number of nitrogens with one attached hydrogen (secondary N) is 2. The Hall–Kier alpha value is -4.35. The van der Waals surface area contributed by atoms with Crippen molar-refractivity contribution in [1.29, 1.82) is 0 Å². The van der Waals surface area contributed by atoms with E-state index in [0.717, 1.165) is 6.42 Å². The van der Waals surface area contributed by atoms with Crippen LogP contribution in [0, 0.1) is 5.82 Å². The number of fused-ring (bicyclic) bond motifs is 1. The number of ether oxygens (including phenoxy) is 1. The van der Waals surface area contributed by atoms with Crippen LogP contribution in [0.5, 0.6) is 0 Å². The molecule has 1 aliphatic heterocycles. The predicted octanol–water partition coefficient (Wildman–Crippen LogP) is 3.89. The van der Waals surface area contributed by atoms with Crippen molar-refractivity contribution in [2.75, 3.05) is 23.7 Å². The summed E-state index contributed by atoms with van der Waals surface area (Å²) in [6.07, 6.45) is 6.87. The SMILES string of the molecule is CC(C)(C)OC(=O)N1CCC(Nc2ccc3ncc(-c4cnc(Nc5ncccc5F)nc4)n3n2)C1. The summed E-state index contributed by atoms with van der Waals surface area (Å²) in [6, 6.07) is 6.58. The maximum atomic E-state index is 13.8. The Kier molecular flexibility index (Phi) is 6.08. The van der Waals surface area contributed by atoms with Gasteiger partial charge in [0.05, 0.1) is 11.9 Å². The zero-order valence-corrected chi connectivity index (χ0v) is 20.1. The molecule has 186 valence electrons. The predicted molar refractivity (Wildman–Crippen MR) is 131 cm³/mol. The molecular weight excluding hydrogens is 465 g/mol. The highest BCUT2D eigenvalue weighted by atomic mass is 19.1. The average molecular weight is 492 g/mol. The van der Waals surface area contributed by atoms with Crippen molar-refractivity contribution in [3.63, 3.8) is 0 Å². The molecule has 2 N–H and O–H groups in total. The van der Waals surface area contributed by atoms with E-state index in [1.807, 2.05) is 32.9 Å². The van der Waals surface area contributed by atoms with Crippen molar-refractivity contribution in [3.8, 4) is 11.3 Å². The fourth-order valence-electron chi connectivity index (χ4n) is 3.84. The molecule has 36 heavy (non-hydrogen) atoms. The molecule has 12 heteroatoms. The molecule has 1 unspecified atom stereocenters. The summed E-state index contributed by atoms with van der Waals surface area (Å²) in [5.41, 5.74) is 1.52. The summed E-state index contributed by atoms with van der Waals surface area (Å²) in [4.78, 5) is 31.0. The first-order valence-electron chi connectivity index (χ1n) is 11.5. The molecule has 4 aromatic heterocycles. The molecule has 4 aromatic rings. The first-order valence-corrected chi connectivity index (χ1v) is 11.5. The Morgan fingerprint density at radius 1 is 1.11 bits per heavy atom. The van der Waals surface area contributed by atoms with E-state index in [1.54, 1.807) is 28.0 Å². The Balaban J connectivity index is 1.29. The molecule has 0 spiro atoms. The van der Waals surface area contributed by atoms with Gasteiger partial charge in [0, 0.05) is 43.3 Å². The maximum Gasteiger partial charge on any atom is 0.410 e. The minimum Gasteiger partial charge on any atom is -0.444 e. The Bertz CT molecular complexity index is 1380. The Labute approximate surface area is 206 Å². The molecule has 1 amide bonds. The van der Waals surface area contributed by atoms with E-state index in [1.165, 1.54) is 18.3 Å². The third-order valence-corrected chi connectivity index (χ3v) is 5.49. The fraction of sp³-hybridized carbons (Fsp3) is 0.333. The van der Waals surface area contributed by atoms with Gasteiger partial charge in [-0.3, -0.25) is 0 Å². The molecule has 0 saturated carbocycles. The van der Waals surface area contributed by atoms with Gasteiger partial charge in [0.15, 0.2) is 17.3 Å². The van der Waals surface area contributed by atoms with Crippen molar-refractivity contribution >= 4 is 29.3 Å². The summed E-state index contributed by atoms with van der Waals surface area (Å²) in [6.45, 7) is 6.71. The highest BCUT2D eigenvalue weighted by Crippen LogP contribution is 2.23. The van der Waals surface area contributed by atoms with E-state index in [0.29, 0.717) is 35.8 Å². The van der Waals surface area contributed by atoms with Crippen LogP contribution >= 0.6 is 0 Å². The quantitative estimate of drug-likeness (QED) is 0.428. The lowest BCUT2D eigenvalue weighted by Crippen LogP contribution is -2.36. The summed E-state index contributed by atoms with van der Waals surface area (Å²) < 4.78 is 21.0. The number of imidazole rings is 1. The number of hydrogen-bond acceptors (Lipinski definition) is 9. The van der Waals surface area contributed by atoms with E-state index in [-0.39, 0.29) is 23.9 Å². The van der Waals surface area contributed by atoms with Gasteiger partial charge < -0.3 is 20.3 Å². The van der Waals surface area contributed by atoms with Crippen molar-refractivity contribution in [3.05, 3.63) is 54.9 Å². The number of rotatable bonds is 5. The highest BCUT2D eigenvalue weighted by molar-refractivity contribution is 5.69. The first kappa shape index (κ1) is 23.4. The van der Waals surface area contributed by atoms with E-state index in [9.17, 15) is 9.18 Å². The molecule has 5 heterocycles. The molecular formula is C24H26FN9O2. The molecule has 5 rings (SSSR count). The normalized spacial score (nSPS) is 15.8. The number of amides is 1. The van der Waals surface area contributed by atoms with Gasteiger partial charge in [0.2, 0.25) is 5.95 Å². The lowest BCUT2D eigenvalue weighted by atomic mass is 10.2. The van der Waals surface area contributed by atoms with E-state index < -0.39 is 11.4 Å². The smallest absolute Gasteiger partial charge is 0.410 e. The van der Waals surface area contributed by atoms with Crippen molar-refractivity contribution in [1.82, 2.24) is 34.4 Å². The van der Waals surface area contributed by atoms with E-state index in [4.69, 9.17) is 4.74 Å². The van der Waals surface area contributed by atoms with Crippen molar-refractivity contribution < 1.29 is 13.9 Å². The fourth-order valence-corrected chi connectivity index (χ4v) is 3.84. The third kappa shape index (κ3) is 5.16. The maximum absolute atomic E-state index is 13.8. The van der Waals surface area contributed by atoms with Crippen LogP contribution in [0.15, 0.2) is 49.1 Å². The van der Waals surface area contributed by atoms with Gasteiger partial charge in [-0.05, 0) is 51.5 Å². The highest BCUT2D eigenvalue weighted by Gasteiger charge is 2.30. The van der Waals surface area contributed by atoms with Crippen molar-refractivity contribution in [2.24, 2.45) is 0 Å². The van der Waals surface area contributed by atoms with Crippen LogP contribution < -0.4 is 10.6 Å². The number of carbonyl (C=O) groups excluding carboxylic acids is 1. The largest absolute Gasteiger partial charge is 0.444 e. The second-order valence-corrected chi connectivity index (χ2v) is 9.44. The zero-order valence-electron chi connectivity index (χ0n) is 20.1. The number of carbonyl (C=O) groups is 1. The van der Waals surface area contributed by atoms with E-state index in [2.05, 4.69) is 35.7 Å². The van der Waals surface area contributed by atoms with Gasteiger partial charge in [-0.2, -0.15) is 0 Å². The monoisotopic (exact) mass is 491 g/mol. The van der Waals surface area contributed by atoms with Crippen LogP contribution in [-0.2, 0) is 4.74 Å².